The third-order valence-electron chi connectivity index (χ3n) is 1.61. The van der Waals surface area contributed by atoms with Crippen molar-refractivity contribution in [2.45, 2.75) is 11.1 Å². The Hall–Kier alpha value is -1.36. The Kier molecular flexibility index (Phi) is 4.06. The van der Waals surface area contributed by atoms with Crippen LogP contribution < -0.4 is 4.72 Å². The number of hydrogen-bond donors (Lipinski definition) is 2. The SMILES string of the molecule is CC#CCNS(=O)(=O)c1cc(C(=O)O)cs1. The summed E-state index contributed by atoms with van der Waals surface area (Å²) in [5.41, 5.74) is -0.0352. The van der Waals surface area contributed by atoms with Crippen LogP contribution in [0.4, 0.5) is 0 Å². The minimum absolute atomic E-state index is 0.0130. The van der Waals surface area contributed by atoms with Gasteiger partial charge in [0, 0.05) is 5.38 Å². The van der Waals surface area contributed by atoms with Crippen molar-refractivity contribution < 1.29 is 18.3 Å². The highest BCUT2D eigenvalue weighted by Crippen LogP contribution is 2.19. The summed E-state index contributed by atoms with van der Waals surface area (Å²) in [6, 6.07) is 1.12. The molecule has 1 aromatic heterocycles. The van der Waals surface area contributed by atoms with Crippen molar-refractivity contribution in [2.75, 3.05) is 6.54 Å². The lowest BCUT2D eigenvalue weighted by atomic mass is 10.4. The summed E-state index contributed by atoms with van der Waals surface area (Å²) in [6.45, 7) is 1.61. The quantitative estimate of drug-likeness (QED) is 0.781. The topological polar surface area (TPSA) is 83.5 Å². The van der Waals surface area contributed by atoms with Crippen molar-refractivity contribution in [1.82, 2.24) is 4.72 Å². The zero-order valence-corrected chi connectivity index (χ0v) is 9.98. The molecule has 0 amide bonds. The first-order valence-corrected chi connectivity index (χ1v) is 6.55. The van der Waals surface area contributed by atoms with E-state index in [2.05, 4.69) is 16.6 Å². The molecule has 0 fully saturated rings. The van der Waals surface area contributed by atoms with Gasteiger partial charge in [-0.05, 0) is 13.0 Å². The molecule has 86 valence electrons. The van der Waals surface area contributed by atoms with Crippen molar-refractivity contribution in [3.05, 3.63) is 17.0 Å². The van der Waals surface area contributed by atoms with Crippen molar-refractivity contribution in [3.63, 3.8) is 0 Å². The minimum Gasteiger partial charge on any atom is -0.478 e. The summed E-state index contributed by atoms with van der Waals surface area (Å²) < 4.78 is 25.4. The molecule has 7 heteroatoms. The molecule has 0 aliphatic rings. The van der Waals surface area contributed by atoms with Crippen LogP contribution in [0, 0.1) is 11.8 Å². The van der Waals surface area contributed by atoms with E-state index in [1.807, 2.05) is 0 Å². The normalized spacial score (nSPS) is 10.6. The van der Waals surface area contributed by atoms with E-state index >= 15 is 0 Å². The first-order chi connectivity index (χ1) is 7.47. The molecule has 1 rings (SSSR count). The van der Waals surface area contributed by atoms with Crippen molar-refractivity contribution in [2.24, 2.45) is 0 Å². The van der Waals surface area contributed by atoms with E-state index in [0.717, 1.165) is 17.4 Å². The van der Waals surface area contributed by atoms with Gasteiger partial charge in [0.1, 0.15) is 4.21 Å². The number of aromatic carboxylic acids is 1. The van der Waals surface area contributed by atoms with Crippen molar-refractivity contribution >= 4 is 27.3 Å². The summed E-state index contributed by atoms with van der Waals surface area (Å²) in [5.74, 6) is 3.95. The Morgan fingerprint density at radius 1 is 1.62 bits per heavy atom. The highest BCUT2D eigenvalue weighted by molar-refractivity contribution is 7.91. The molecule has 0 aromatic carbocycles. The van der Waals surface area contributed by atoms with Crippen molar-refractivity contribution in [3.8, 4) is 11.8 Å². The Balaban J connectivity index is 2.88. The van der Waals surface area contributed by atoms with Gasteiger partial charge in [-0.2, -0.15) is 4.72 Å². The second kappa shape index (κ2) is 5.12. The van der Waals surface area contributed by atoms with Crippen LogP contribution in [-0.4, -0.2) is 26.0 Å². The number of hydrogen-bond acceptors (Lipinski definition) is 4. The van der Waals surface area contributed by atoms with Crippen LogP contribution in [0.3, 0.4) is 0 Å². The first kappa shape index (κ1) is 12.7. The molecule has 0 aliphatic carbocycles. The second-order valence-electron chi connectivity index (χ2n) is 2.71. The predicted octanol–water partition coefficient (Wildman–Crippen LogP) is 0.748. The Bertz CT molecular complexity index is 548. The van der Waals surface area contributed by atoms with Gasteiger partial charge in [-0.25, -0.2) is 13.2 Å². The summed E-state index contributed by atoms with van der Waals surface area (Å²) in [5, 5.41) is 9.93. The summed E-state index contributed by atoms with van der Waals surface area (Å²) >= 11 is 0.863. The van der Waals surface area contributed by atoms with Crippen LogP contribution in [0.25, 0.3) is 0 Å². The standard InChI is InChI=1S/C9H9NO4S2/c1-2-3-4-10-16(13,14)8-5-7(6-15-8)9(11)12/h5-6,10H,4H2,1H3,(H,11,12). The van der Waals surface area contributed by atoms with Crippen LogP contribution in [0.2, 0.25) is 0 Å². The van der Waals surface area contributed by atoms with Gasteiger partial charge in [-0.15, -0.1) is 17.3 Å². The molecule has 0 aliphatic heterocycles. The average Bonchev–Trinajstić information content (AvgIpc) is 2.67. The molecule has 1 heterocycles. The number of carbonyl (C=O) groups is 1. The van der Waals surface area contributed by atoms with E-state index in [-0.39, 0.29) is 16.3 Å². The minimum atomic E-state index is -3.64. The van der Waals surface area contributed by atoms with Crippen LogP contribution in [0.15, 0.2) is 15.7 Å². The van der Waals surface area contributed by atoms with Gasteiger partial charge < -0.3 is 5.11 Å². The van der Waals surface area contributed by atoms with E-state index in [9.17, 15) is 13.2 Å². The van der Waals surface area contributed by atoms with Crippen LogP contribution in [-0.2, 0) is 10.0 Å². The maximum absolute atomic E-state index is 11.6. The largest absolute Gasteiger partial charge is 0.478 e. The molecule has 0 saturated heterocycles. The Labute approximate surface area is 97.2 Å². The zero-order chi connectivity index (χ0) is 12.2. The lowest BCUT2D eigenvalue weighted by Gasteiger charge is -1.99. The number of carboxylic acids is 1. The fraction of sp³-hybridized carbons (Fsp3) is 0.222. The van der Waals surface area contributed by atoms with Gasteiger partial charge in [0.2, 0.25) is 0 Å². The van der Waals surface area contributed by atoms with E-state index in [1.165, 1.54) is 5.38 Å². The predicted molar refractivity (Wildman–Crippen MR) is 59.9 cm³/mol. The lowest BCUT2D eigenvalue weighted by Crippen LogP contribution is -2.23. The van der Waals surface area contributed by atoms with E-state index in [4.69, 9.17) is 5.11 Å². The Morgan fingerprint density at radius 2 is 2.31 bits per heavy atom. The molecular formula is C9H9NO4S2. The molecular weight excluding hydrogens is 250 g/mol. The lowest BCUT2D eigenvalue weighted by molar-refractivity contribution is 0.0697. The highest BCUT2D eigenvalue weighted by Gasteiger charge is 2.17. The third kappa shape index (κ3) is 3.06. The molecule has 0 radical (unpaired) electrons. The Morgan fingerprint density at radius 3 is 2.81 bits per heavy atom. The fourth-order valence-electron chi connectivity index (χ4n) is 0.860. The van der Waals surface area contributed by atoms with Crippen LogP contribution in [0.5, 0.6) is 0 Å². The molecule has 1 aromatic rings. The van der Waals surface area contributed by atoms with E-state index in [0.29, 0.717) is 0 Å². The zero-order valence-electron chi connectivity index (χ0n) is 8.35. The van der Waals surface area contributed by atoms with Crippen molar-refractivity contribution in [1.29, 1.82) is 0 Å². The molecule has 5 nitrogen and oxygen atoms in total. The second-order valence-corrected chi connectivity index (χ2v) is 5.62. The number of nitrogens with one attached hydrogen (secondary N) is 1. The molecule has 16 heavy (non-hydrogen) atoms. The summed E-state index contributed by atoms with van der Waals surface area (Å²) in [6.07, 6.45) is 0. The maximum atomic E-state index is 11.6. The van der Waals surface area contributed by atoms with Gasteiger partial charge in [-0.1, -0.05) is 5.92 Å². The molecule has 0 spiro atoms. The average molecular weight is 259 g/mol. The molecule has 0 bridgehead atoms. The number of thiophene rings is 1. The van der Waals surface area contributed by atoms with Gasteiger partial charge in [-0.3, -0.25) is 0 Å². The summed E-state index contributed by atoms with van der Waals surface area (Å²) in [4.78, 5) is 10.6. The highest BCUT2D eigenvalue weighted by atomic mass is 32.2. The van der Waals surface area contributed by atoms with Crippen LogP contribution >= 0.6 is 11.3 Å². The maximum Gasteiger partial charge on any atom is 0.336 e. The van der Waals surface area contributed by atoms with E-state index < -0.39 is 16.0 Å². The fourth-order valence-corrected chi connectivity index (χ4v) is 2.98. The number of carboxylic acid groups (broad SMARTS) is 1. The summed E-state index contributed by atoms with van der Waals surface area (Å²) in [7, 11) is -3.64. The van der Waals surface area contributed by atoms with Crippen LogP contribution in [0.1, 0.15) is 17.3 Å². The molecule has 0 unspecified atom stereocenters. The monoisotopic (exact) mass is 259 g/mol. The van der Waals surface area contributed by atoms with Gasteiger partial charge in [0.15, 0.2) is 0 Å². The number of rotatable bonds is 4. The van der Waals surface area contributed by atoms with Gasteiger partial charge >= 0.3 is 5.97 Å². The third-order valence-corrected chi connectivity index (χ3v) is 4.46. The van der Waals surface area contributed by atoms with Gasteiger partial charge in [0.25, 0.3) is 10.0 Å². The van der Waals surface area contributed by atoms with Gasteiger partial charge in [0.05, 0.1) is 12.1 Å². The molecule has 2 N–H and O–H groups in total. The van der Waals surface area contributed by atoms with E-state index in [1.54, 1.807) is 6.92 Å². The smallest absolute Gasteiger partial charge is 0.336 e. The number of sulfonamides is 1. The first-order valence-electron chi connectivity index (χ1n) is 4.18. The molecule has 0 saturated carbocycles. The molecule has 0 atom stereocenters.